The molecular formula is C15H27Cl2N3O. The first-order valence-electron chi connectivity index (χ1n) is 6.84. The van der Waals surface area contributed by atoms with Gasteiger partial charge in [-0.25, -0.2) is 0 Å². The summed E-state index contributed by atoms with van der Waals surface area (Å²) in [5.41, 5.74) is 6.66. The Morgan fingerprint density at radius 1 is 1.29 bits per heavy atom. The molecule has 4 nitrogen and oxygen atoms in total. The molecule has 122 valence electrons. The minimum absolute atomic E-state index is 0. The van der Waals surface area contributed by atoms with E-state index in [1.807, 2.05) is 18.2 Å². The number of benzene rings is 1. The maximum atomic E-state index is 11.5. The molecule has 0 saturated carbocycles. The van der Waals surface area contributed by atoms with Crippen LogP contribution in [0.1, 0.15) is 25.3 Å². The van der Waals surface area contributed by atoms with Crippen molar-refractivity contribution in [2.75, 3.05) is 20.1 Å². The fourth-order valence-electron chi connectivity index (χ4n) is 1.80. The van der Waals surface area contributed by atoms with Crippen molar-refractivity contribution in [3.63, 3.8) is 0 Å². The number of likely N-dealkylation sites (N-methyl/N-ethyl adjacent to an activating group) is 1. The molecule has 0 bridgehead atoms. The number of hydrogen-bond donors (Lipinski definition) is 2. The summed E-state index contributed by atoms with van der Waals surface area (Å²) in [6.07, 6.45) is 1.27. The van der Waals surface area contributed by atoms with Crippen LogP contribution in [0.3, 0.4) is 0 Å². The molecule has 0 aliphatic rings. The molecule has 0 fully saturated rings. The quantitative estimate of drug-likeness (QED) is 0.765. The zero-order valence-electron chi connectivity index (χ0n) is 12.7. The van der Waals surface area contributed by atoms with Crippen LogP contribution in [0.5, 0.6) is 0 Å². The van der Waals surface area contributed by atoms with E-state index in [0.717, 1.165) is 13.0 Å². The Balaban J connectivity index is 0. The van der Waals surface area contributed by atoms with E-state index in [4.69, 9.17) is 5.73 Å². The zero-order valence-corrected chi connectivity index (χ0v) is 14.4. The second kappa shape index (κ2) is 12.9. The highest BCUT2D eigenvalue weighted by Crippen LogP contribution is 2.05. The van der Waals surface area contributed by atoms with Gasteiger partial charge in [0.25, 0.3) is 0 Å². The van der Waals surface area contributed by atoms with E-state index in [-0.39, 0.29) is 30.7 Å². The van der Waals surface area contributed by atoms with E-state index in [9.17, 15) is 4.79 Å². The molecule has 0 heterocycles. The number of nitrogens with two attached hydrogens (primary N) is 1. The Kier molecular flexibility index (Phi) is 13.8. The van der Waals surface area contributed by atoms with Crippen LogP contribution < -0.4 is 11.1 Å². The first-order chi connectivity index (χ1) is 9.13. The maximum absolute atomic E-state index is 11.5. The highest BCUT2D eigenvalue weighted by molar-refractivity contribution is 5.85. The van der Waals surface area contributed by atoms with Crippen molar-refractivity contribution in [1.29, 1.82) is 0 Å². The summed E-state index contributed by atoms with van der Waals surface area (Å²) < 4.78 is 0. The summed E-state index contributed by atoms with van der Waals surface area (Å²) >= 11 is 0. The lowest BCUT2D eigenvalue weighted by molar-refractivity contribution is -0.121. The number of amides is 1. The van der Waals surface area contributed by atoms with Crippen molar-refractivity contribution >= 4 is 30.7 Å². The molecule has 0 radical (unpaired) electrons. The van der Waals surface area contributed by atoms with Gasteiger partial charge in [-0.15, -0.1) is 24.8 Å². The fraction of sp³-hybridized carbons (Fsp3) is 0.533. The summed E-state index contributed by atoms with van der Waals surface area (Å²) in [7, 11) is 2.07. The summed E-state index contributed by atoms with van der Waals surface area (Å²) in [5.74, 6) is 0.0883. The van der Waals surface area contributed by atoms with E-state index >= 15 is 0 Å². The minimum atomic E-state index is 0. The lowest BCUT2D eigenvalue weighted by atomic mass is 10.2. The molecule has 1 rings (SSSR count). The van der Waals surface area contributed by atoms with Gasteiger partial charge in [-0.2, -0.15) is 0 Å². The first kappa shape index (κ1) is 22.5. The second-order valence-electron chi connectivity index (χ2n) is 4.95. The van der Waals surface area contributed by atoms with Crippen molar-refractivity contribution in [2.24, 2.45) is 5.73 Å². The van der Waals surface area contributed by atoms with Crippen LogP contribution in [0.4, 0.5) is 0 Å². The number of nitrogens with one attached hydrogen (secondary N) is 1. The standard InChI is InChI=1S/C15H25N3O.2ClH/c1-13(11-17-15(19)9-6-10-16)18(2)12-14-7-4-3-5-8-14;;/h3-5,7-8,13H,6,9-12,16H2,1-2H3,(H,17,19);2*1H. The van der Waals surface area contributed by atoms with Gasteiger partial charge in [0.15, 0.2) is 0 Å². The SMILES string of the molecule is CC(CNC(=O)CCCN)N(C)Cc1ccccc1.Cl.Cl. The van der Waals surface area contributed by atoms with Crippen molar-refractivity contribution in [3.05, 3.63) is 35.9 Å². The number of halogens is 2. The zero-order chi connectivity index (χ0) is 14.1. The minimum Gasteiger partial charge on any atom is -0.355 e. The van der Waals surface area contributed by atoms with Crippen LogP contribution in [-0.2, 0) is 11.3 Å². The fourth-order valence-corrected chi connectivity index (χ4v) is 1.80. The van der Waals surface area contributed by atoms with E-state index in [1.54, 1.807) is 0 Å². The number of nitrogens with zero attached hydrogens (tertiary/aromatic N) is 1. The van der Waals surface area contributed by atoms with E-state index in [1.165, 1.54) is 5.56 Å². The summed E-state index contributed by atoms with van der Waals surface area (Å²) in [6, 6.07) is 10.6. The van der Waals surface area contributed by atoms with Gasteiger partial charge < -0.3 is 11.1 Å². The van der Waals surface area contributed by atoms with Gasteiger partial charge in [-0.05, 0) is 32.5 Å². The summed E-state index contributed by atoms with van der Waals surface area (Å²) in [5, 5.41) is 2.95. The van der Waals surface area contributed by atoms with E-state index in [0.29, 0.717) is 25.6 Å². The van der Waals surface area contributed by atoms with E-state index in [2.05, 4.69) is 36.3 Å². The molecule has 0 saturated heterocycles. The maximum Gasteiger partial charge on any atom is 0.220 e. The monoisotopic (exact) mass is 335 g/mol. The van der Waals surface area contributed by atoms with Crippen molar-refractivity contribution in [3.8, 4) is 0 Å². The Hall–Kier alpha value is -0.810. The molecule has 3 N–H and O–H groups in total. The van der Waals surface area contributed by atoms with Crippen molar-refractivity contribution in [2.45, 2.75) is 32.4 Å². The van der Waals surface area contributed by atoms with Gasteiger partial charge in [0.05, 0.1) is 0 Å². The highest BCUT2D eigenvalue weighted by Gasteiger charge is 2.10. The normalized spacial score (nSPS) is 11.2. The number of carbonyl (C=O) groups excluding carboxylic acids is 1. The molecule has 1 amide bonds. The molecule has 6 heteroatoms. The average Bonchev–Trinajstić information content (AvgIpc) is 2.43. The summed E-state index contributed by atoms with van der Waals surface area (Å²) in [4.78, 5) is 13.7. The Morgan fingerprint density at radius 3 is 2.48 bits per heavy atom. The largest absolute Gasteiger partial charge is 0.355 e. The third-order valence-electron chi connectivity index (χ3n) is 3.23. The Bertz CT molecular complexity index is 376. The van der Waals surface area contributed by atoms with Gasteiger partial charge in [0.2, 0.25) is 5.91 Å². The average molecular weight is 336 g/mol. The van der Waals surface area contributed by atoms with Crippen LogP contribution in [0.15, 0.2) is 30.3 Å². The van der Waals surface area contributed by atoms with E-state index < -0.39 is 0 Å². The molecule has 0 aromatic heterocycles. The lowest BCUT2D eigenvalue weighted by Gasteiger charge is -2.25. The van der Waals surface area contributed by atoms with Crippen LogP contribution in [0.25, 0.3) is 0 Å². The Labute approximate surface area is 140 Å². The van der Waals surface area contributed by atoms with Crippen LogP contribution in [-0.4, -0.2) is 37.0 Å². The number of hydrogen-bond acceptors (Lipinski definition) is 3. The molecule has 1 aromatic carbocycles. The van der Waals surface area contributed by atoms with Crippen LogP contribution >= 0.6 is 24.8 Å². The number of carbonyl (C=O) groups is 1. The molecule has 1 aromatic rings. The lowest BCUT2D eigenvalue weighted by Crippen LogP contribution is -2.39. The third-order valence-corrected chi connectivity index (χ3v) is 3.23. The third kappa shape index (κ3) is 9.69. The molecule has 1 atom stereocenters. The predicted molar refractivity (Wildman–Crippen MR) is 93.2 cm³/mol. The van der Waals surface area contributed by atoms with Crippen molar-refractivity contribution in [1.82, 2.24) is 10.2 Å². The predicted octanol–water partition coefficient (Wildman–Crippen LogP) is 2.21. The Morgan fingerprint density at radius 2 is 1.90 bits per heavy atom. The smallest absolute Gasteiger partial charge is 0.220 e. The van der Waals surface area contributed by atoms with Crippen LogP contribution in [0.2, 0.25) is 0 Å². The highest BCUT2D eigenvalue weighted by atomic mass is 35.5. The van der Waals surface area contributed by atoms with Gasteiger partial charge >= 0.3 is 0 Å². The molecular weight excluding hydrogens is 309 g/mol. The number of rotatable bonds is 8. The van der Waals surface area contributed by atoms with Gasteiger partial charge in [-0.1, -0.05) is 30.3 Å². The molecule has 0 aliphatic carbocycles. The van der Waals surface area contributed by atoms with Gasteiger partial charge in [0, 0.05) is 25.6 Å². The molecule has 1 unspecified atom stereocenters. The summed E-state index contributed by atoms with van der Waals surface area (Å²) in [6.45, 7) is 4.25. The first-order valence-corrected chi connectivity index (χ1v) is 6.84. The van der Waals surface area contributed by atoms with Crippen molar-refractivity contribution < 1.29 is 4.79 Å². The topological polar surface area (TPSA) is 58.4 Å². The van der Waals surface area contributed by atoms with Gasteiger partial charge in [-0.3, -0.25) is 9.69 Å². The second-order valence-corrected chi connectivity index (χ2v) is 4.95. The van der Waals surface area contributed by atoms with Gasteiger partial charge in [0.1, 0.15) is 0 Å². The van der Waals surface area contributed by atoms with Crippen LogP contribution in [0, 0.1) is 0 Å². The molecule has 21 heavy (non-hydrogen) atoms. The molecule has 0 aliphatic heterocycles. The molecule has 0 spiro atoms.